The second kappa shape index (κ2) is 8.49. The van der Waals surface area contributed by atoms with Gasteiger partial charge in [-0.25, -0.2) is 4.98 Å². The molecule has 1 amide bonds. The Bertz CT molecular complexity index is 953. The number of oxazole rings is 1. The first-order valence-corrected chi connectivity index (χ1v) is 9.97. The Balaban J connectivity index is 1.50. The quantitative estimate of drug-likeness (QED) is 0.692. The van der Waals surface area contributed by atoms with E-state index in [9.17, 15) is 9.90 Å². The van der Waals surface area contributed by atoms with E-state index in [1.54, 1.807) is 30.5 Å². The second-order valence-electron chi connectivity index (χ2n) is 7.45. The molecule has 6 nitrogen and oxygen atoms in total. The van der Waals surface area contributed by atoms with Crippen LogP contribution in [0, 0.1) is 0 Å². The van der Waals surface area contributed by atoms with E-state index in [0.717, 1.165) is 30.4 Å². The number of aromatic nitrogens is 1. The molecule has 0 spiro atoms. The van der Waals surface area contributed by atoms with Crippen LogP contribution in [0.5, 0.6) is 5.75 Å². The molecule has 1 saturated heterocycles. The van der Waals surface area contributed by atoms with Gasteiger partial charge in [0, 0.05) is 12.1 Å². The van der Waals surface area contributed by atoms with Gasteiger partial charge < -0.3 is 20.2 Å². The van der Waals surface area contributed by atoms with Crippen LogP contribution in [0.3, 0.4) is 0 Å². The maximum absolute atomic E-state index is 13.1. The fourth-order valence-corrected chi connectivity index (χ4v) is 3.82. The molecule has 150 valence electrons. The van der Waals surface area contributed by atoms with E-state index in [-0.39, 0.29) is 17.7 Å². The van der Waals surface area contributed by atoms with Gasteiger partial charge in [0.15, 0.2) is 5.76 Å². The standard InChI is InChI=1S/C23H25N3O3/c24-19(14-16-9-11-18(27)12-10-16)23(28)26-13-5-4-8-20(26)22-25-15-21(29-22)17-6-2-1-3-7-17/h1-3,6-7,9-12,15,19-20,27H,4-5,8,13-14,24H2/t19-,20?/m0/s1. The molecule has 0 radical (unpaired) electrons. The van der Waals surface area contributed by atoms with Crippen LogP contribution < -0.4 is 5.73 Å². The van der Waals surface area contributed by atoms with E-state index in [4.69, 9.17) is 10.2 Å². The first-order chi connectivity index (χ1) is 14.1. The Morgan fingerprint density at radius 2 is 1.93 bits per heavy atom. The molecular weight excluding hydrogens is 366 g/mol. The van der Waals surface area contributed by atoms with Crippen molar-refractivity contribution in [1.29, 1.82) is 0 Å². The number of piperidine rings is 1. The second-order valence-corrected chi connectivity index (χ2v) is 7.45. The van der Waals surface area contributed by atoms with Crippen LogP contribution in [0.15, 0.2) is 65.2 Å². The summed E-state index contributed by atoms with van der Waals surface area (Å²) in [4.78, 5) is 19.4. The highest BCUT2D eigenvalue weighted by atomic mass is 16.4. The summed E-state index contributed by atoms with van der Waals surface area (Å²) in [6.45, 7) is 0.649. The predicted molar refractivity (Wildman–Crippen MR) is 110 cm³/mol. The molecule has 2 atom stereocenters. The predicted octanol–water partition coefficient (Wildman–Crippen LogP) is 3.67. The number of hydrogen-bond donors (Lipinski definition) is 2. The van der Waals surface area contributed by atoms with Crippen molar-refractivity contribution in [2.75, 3.05) is 6.54 Å². The van der Waals surface area contributed by atoms with Crippen LogP contribution in [-0.4, -0.2) is 33.5 Å². The molecule has 3 N–H and O–H groups in total. The Hall–Kier alpha value is -3.12. The molecule has 1 aliphatic rings. The SMILES string of the molecule is N[C@@H](Cc1ccc(O)cc1)C(=O)N1CCCCC1c1ncc(-c2ccccc2)o1. The van der Waals surface area contributed by atoms with Gasteiger partial charge in [-0.05, 0) is 43.4 Å². The van der Waals surface area contributed by atoms with Crippen molar-refractivity contribution >= 4 is 5.91 Å². The van der Waals surface area contributed by atoms with Gasteiger partial charge in [-0.2, -0.15) is 0 Å². The number of likely N-dealkylation sites (tertiary alicyclic amines) is 1. The van der Waals surface area contributed by atoms with Crippen LogP contribution in [0.4, 0.5) is 0 Å². The Morgan fingerprint density at radius 1 is 1.17 bits per heavy atom. The molecule has 3 aromatic rings. The molecule has 29 heavy (non-hydrogen) atoms. The van der Waals surface area contributed by atoms with Gasteiger partial charge in [-0.1, -0.05) is 42.5 Å². The van der Waals surface area contributed by atoms with E-state index >= 15 is 0 Å². The van der Waals surface area contributed by atoms with Gasteiger partial charge in [-0.3, -0.25) is 4.79 Å². The van der Waals surface area contributed by atoms with Gasteiger partial charge in [0.1, 0.15) is 11.8 Å². The lowest BCUT2D eigenvalue weighted by molar-refractivity contribution is -0.137. The molecule has 0 saturated carbocycles. The van der Waals surface area contributed by atoms with Gasteiger partial charge in [-0.15, -0.1) is 0 Å². The molecule has 6 heteroatoms. The number of nitrogens with two attached hydrogens (primary N) is 1. The maximum Gasteiger partial charge on any atom is 0.240 e. The van der Waals surface area contributed by atoms with E-state index in [1.165, 1.54) is 0 Å². The van der Waals surface area contributed by atoms with Crippen molar-refractivity contribution in [3.8, 4) is 17.1 Å². The number of benzene rings is 2. The lowest BCUT2D eigenvalue weighted by Crippen LogP contribution is -2.48. The summed E-state index contributed by atoms with van der Waals surface area (Å²) < 4.78 is 6.03. The van der Waals surface area contributed by atoms with Gasteiger partial charge in [0.2, 0.25) is 11.8 Å². The Morgan fingerprint density at radius 3 is 2.69 bits per heavy atom. The van der Waals surface area contributed by atoms with E-state index in [0.29, 0.717) is 24.6 Å². The lowest BCUT2D eigenvalue weighted by Gasteiger charge is -2.35. The summed E-state index contributed by atoms with van der Waals surface area (Å²) in [7, 11) is 0. The zero-order chi connectivity index (χ0) is 20.2. The molecule has 0 bridgehead atoms. The average molecular weight is 391 g/mol. The zero-order valence-electron chi connectivity index (χ0n) is 16.2. The largest absolute Gasteiger partial charge is 0.508 e. The average Bonchev–Trinajstić information content (AvgIpc) is 3.25. The van der Waals surface area contributed by atoms with Gasteiger partial charge in [0.05, 0.1) is 12.2 Å². The highest BCUT2D eigenvalue weighted by Crippen LogP contribution is 2.33. The van der Waals surface area contributed by atoms with E-state index in [1.807, 2.05) is 35.2 Å². The van der Waals surface area contributed by atoms with Crippen LogP contribution in [-0.2, 0) is 11.2 Å². The number of rotatable bonds is 5. The molecular formula is C23H25N3O3. The highest BCUT2D eigenvalue weighted by molar-refractivity contribution is 5.82. The number of nitrogens with zero attached hydrogens (tertiary/aromatic N) is 2. The molecule has 1 aliphatic heterocycles. The van der Waals surface area contributed by atoms with Crippen molar-refractivity contribution in [2.45, 2.75) is 37.8 Å². The van der Waals surface area contributed by atoms with Crippen molar-refractivity contribution in [2.24, 2.45) is 5.73 Å². The minimum Gasteiger partial charge on any atom is -0.508 e. The number of phenolic OH excluding ortho intramolecular Hbond substituents is 1. The van der Waals surface area contributed by atoms with Crippen LogP contribution in [0.1, 0.15) is 36.8 Å². The third kappa shape index (κ3) is 4.32. The minimum atomic E-state index is -0.649. The van der Waals surface area contributed by atoms with Crippen molar-refractivity contribution in [3.05, 3.63) is 72.2 Å². The molecule has 2 aromatic carbocycles. The van der Waals surface area contributed by atoms with Crippen molar-refractivity contribution in [3.63, 3.8) is 0 Å². The number of amides is 1. The summed E-state index contributed by atoms with van der Waals surface area (Å²) >= 11 is 0. The summed E-state index contributed by atoms with van der Waals surface area (Å²) in [6, 6.07) is 15.8. The van der Waals surface area contributed by atoms with Gasteiger partial charge >= 0.3 is 0 Å². The van der Waals surface area contributed by atoms with Crippen LogP contribution in [0.25, 0.3) is 11.3 Å². The van der Waals surface area contributed by atoms with Crippen molar-refractivity contribution < 1.29 is 14.3 Å². The van der Waals surface area contributed by atoms with E-state index in [2.05, 4.69) is 4.98 Å². The number of phenols is 1. The lowest BCUT2D eigenvalue weighted by atomic mass is 9.99. The maximum atomic E-state index is 13.1. The molecule has 4 rings (SSSR count). The number of aromatic hydroxyl groups is 1. The van der Waals surface area contributed by atoms with Gasteiger partial charge in [0.25, 0.3) is 0 Å². The zero-order valence-corrected chi connectivity index (χ0v) is 16.2. The van der Waals surface area contributed by atoms with Crippen LogP contribution in [0.2, 0.25) is 0 Å². The number of hydrogen-bond acceptors (Lipinski definition) is 5. The summed E-state index contributed by atoms with van der Waals surface area (Å²) in [5, 5.41) is 9.43. The van der Waals surface area contributed by atoms with Crippen LogP contribution >= 0.6 is 0 Å². The summed E-state index contributed by atoms with van der Waals surface area (Å²) in [6.07, 6.45) is 4.92. The minimum absolute atomic E-state index is 0.0952. The fourth-order valence-electron chi connectivity index (χ4n) is 3.82. The normalized spacial score (nSPS) is 17.8. The smallest absolute Gasteiger partial charge is 0.240 e. The van der Waals surface area contributed by atoms with Crippen molar-refractivity contribution in [1.82, 2.24) is 9.88 Å². The fraction of sp³-hybridized carbons (Fsp3) is 0.304. The monoisotopic (exact) mass is 391 g/mol. The molecule has 1 unspecified atom stereocenters. The number of carbonyl (C=O) groups excluding carboxylic acids is 1. The third-order valence-electron chi connectivity index (χ3n) is 5.36. The van der Waals surface area contributed by atoms with E-state index < -0.39 is 6.04 Å². The highest BCUT2D eigenvalue weighted by Gasteiger charge is 2.33. The molecule has 0 aliphatic carbocycles. The Labute approximate surface area is 170 Å². The molecule has 2 heterocycles. The summed E-state index contributed by atoms with van der Waals surface area (Å²) in [5.74, 6) is 1.37. The molecule has 1 aromatic heterocycles. The first-order valence-electron chi connectivity index (χ1n) is 9.97. The molecule has 1 fully saturated rings. The number of carbonyl (C=O) groups is 1. The third-order valence-corrected chi connectivity index (χ3v) is 5.36. The first kappa shape index (κ1) is 19.2. The Kier molecular flexibility index (Phi) is 5.62. The topological polar surface area (TPSA) is 92.6 Å². The summed E-state index contributed by atoms with van der Waals surface area (Å²) in [5.41, 5.74) is 8.13.